The molecular weight excluding hydrogens is 352 g/mol. The Morgan fingerprint density at radius 1 is 1.04 bits per heavy atom. The van der Waals surface area contributed by atoms with Gasteiger partial charge in [0.2, 0.25) is 11.8 Å². The number of hydrogen-bond donors (Lipinski definition) is 2. The van der Waals surface area contributed by atoms with Crippen molar-refractivity contribution in [3.8, 4) is 0 Å². The topological polar surface area (TPSA) is 74.3 Å². The molecule has 6 heteroatoms. The maximum atomic E-state index is 12.9. The van der Waals surface area contributed by atoms with Gasteiger partial charge >= 0.3 is 0 Å². The molecule has 6 rings (SSSR count). The van der Waals surface area contributed by atoms with Crippen LogP contribution in [0.15, 0.2) is 18.3 Å². The van der Waals surface area contributed by atoms with Crippen LogP contribution in [-0.2, 0) is 9.59 Å². The van der Waals surface area contributed by atoms with Crippen LogP contribution in [0.25, 0.3) is 0 Å². The van der Waals surface area contributed by atoms with Crippen LogP contribution >= 0.6 is 0 Å². The Balaban J connectivity index is 1.14. The summed E-state index contributed by atoms with van der Waals surface area (Å²) in [4.78, 5) is 32.0. The first-order valence-corrected chi connectivity index (χ1v) is 10.9. The molecule has 2 amide bonds. The van der Waals surface area contributed by atoms with Crippen molar-refractivity contribution in [2.24, 2.45) is 23.2 Å². The lowest BCUT2D eigenvalue weighted by Crippen LogP contribution is -2.54. The average Bonchev–Trinajstić information content (AvgIpc) is 3.20. The lowest BCUT2D eigenvalue weighted by molar-refractivity contribution is -0.146. The number of hydrogen-bond acceptors (Lipinski definition) is 4. The molecule has 4 aliphatic carbocycles. The Labute approximate surface area is 166 Å². The normalized spacial score (nSPS) is 33.1. The third-order valence-corrected chi connectivity index (χ3v) is 7.39. The Morgan fingerprint density at radius 3 is 2.25 bits per heavy atom. The SMILES string of the molecule is O=C(CNC(=O)C12CC3CC(CC(C3)C1)C2)Nc1ccc(N2CCCC2)nc1. The number of anilines is 2. The van der Waals surface area contributed by atoms with E-state index < -0.39 is 0 Å². The lowest BCUT2D eigenvalue weighted by atomic mass is 9.49. The minimum Gasteiger partial charge on any atom is -0.357 e. The fourth-order valence-electron chi connectivity index (χ4n) is 6.54. The van der Waals surface area contributed by atoms with Crippen LogP contribution in [0, 0.1) is 23.2 Å². The van der Waals surface area contributed by atoms with E-state index in [0.29, 0.717) is 5.69 Å². The van der Waals surface area contributed by atoms with E-state index >= 15 is 0 Å². The van der Waals surface area contributed by atoms with Gasteiger partial charge in [0.25, 0.3) is 0 Å². The van der Waals surface area contributed by atoms with E-state index in [-0.39, 0.29) is 23.8 Å². The molecule has 0 unspecified atom stereocenters. The zero-order valence-corrected chi connectivity index (χ0v) is 16.5. The van der Waals surface area contributed by atoms with E-state index in [1.807, 2.05) is 12.1 Å². The maximum absolute atomic E-state index is 12.9. The molecule has 6 nitrogen and oxygen atoms in total. The number of rotatable bonds is 5. The van der Waals surface area contributed by atoms with Gasteiger partial charge in [-0.05, 0) is 81.3 Å². The zero-order chi connectivity index (χ0) is 19.1. The molecule has 4 bridgehead atoms. The van der Waals surface area contributed by atoms with E-state index in [2.05, 4.69) is 20.5 Å². The molecule has 5 fully saturated rings. The second-order valence-corrected chi connectivity index (χ2v) is 9.53. The van der Waals surface area contributed by atoms with Gasteiger partial charge in [-0.25, -0.2) is 4.98 Å². The van der Waals surface area contributed by atoms with Crippen molar-refractivity contribution in [3.05, 3.63) is 18.3 Å². The van der Waals surface area contributed by atoms with Crippen molar-refractivity contribution in [1.29, 1.82) is 0 Å². The molecule has 0 aromatic carbocycles. The van der Waals surface area contributed by atoms with E-state index in [1.165, 1.54) is 32.1 Å². The van der Waals surface area contributed by atoms with Gasteiger partial charge in [-0.15, -0.1) is 0 Å². The van der Waals surface area contributed by atoms with Crippen LogP contribution in [0.2, 0.25) is 0 Å². The minimum absolute atomic E-state index is 0.0362. The van der Waals surface area contributed by atoms with Crippen LogP contribution < -0.4 is 15.5 Å². The van der Waals surface area contributed by atoms with Crippen molar-refractivity contribution in [2.45, 2.75) is 51.4 Å². The molecule has 28 heavy (non-hydrogen) atoms. The second-order valence-electron chi connectivity index (χ2n) is 9.53. The van der Waals surface area contributed by atoms with Crippen LogP contribution in [0.3, 0.4) is 0 Å². The largest absolute Gasteiger partial charge is 0.357 e. The number of pyridine rings is 1. The summed E-state index contributed by atoms with van der Waals surface area (Å²) in [7, 11) is 0. The van der Waals surface area contributed by atoms with Gasteiger partial charge in [0.05, 0.1) is 18.4 Å². The first-order chi connectivity index (χ1) is 13.6. The van der Waals surface area contributed by atoms with E-state index in [0.717, 1.165) is 55.9 Å². The van der Waals surface area contributed by atoms with E-state index in [9.17, 15) is 9.59 Å². The van der Waals surface area contributed by atoms with Gasteiger partial charge in [-0.2, -0.15) is 0 Å². The first kappa shape index (κ1) is 18.0. The zero-order valence-electron chi connectivity index (χ0n) is 16.5. The molecule has 4 saturated carbocycles. The quantitative estimate of drug-likeness (QED) is 0.821. The van der Waals surface area contributed by atoms with Crippen molar-refractivity contribution in [2.75, 3.05) is 29.9 Å². The highest BCUT2D eigenvalue weighted by Gasteiger charge is 2.54. The fourth-order valence-corrected chi connectivity index (χ4v) is 6.54. The Bertz CT molecular complexity index is 719. The molecule has 150 valence electrons. The van der Waals surface area contributed by atoms with Crippen molar-refractivity contribution < 1.29 is 9.59 Å². The predicted octanol–water partition coefficient (Wildman–Crippen LogP) is 2.95. The first-order valence-electron chi connectivity index (χ1n) is 10.9. The Morgan fingerprint density at radius 2 is 1.68 bits per heavy atom. The summed E-state index contributed by atoms with van der Waals surface area (Å²) in [6, 6.07) is 3.84. The number of carbonyl (C=O) groups excluding carboxylic acids is 2. The molecule has 1 saturated heterocycles. The monoisotopic (exact) mass is 382 g/mol. The molecule has 0 radical (unpaired) electrons. The molecule has 2 N–H and O–H groups in total. The Hall–Kier alpha value is -2.11. The van der Waals surface area contributed by atoms with Gasteiger partial charge in [0.1, 0.15) is 5.82 Å². The third kappa shape index (κ3) is 3.38. The molecule has 1 aliphatic heterocycles. The highest BCUT2D eigenvalue weighted by atomic mass is 16.2. The van der Waals surface area contributed by atoms with Crippen LogP contribution in [-0.4, -0.2) is 36.4 Å². The van der Waals surface area contributed by atoms with Gasteiger partial charge in [0, 0.05) is 18.5 Å². The van der Waals surface area contributed by atoms with Gasteiger partial charge in [-0.1, -0.05) is 0 Å². The highest BCUT2D eigenvalue weighted by Crippen LogP contribution is 2.60. The smallest absolute Gasteiger partial charge is 0.243 e. The summed E-state index contributed by atoms with van der Waals surface area (Å²) in [6.45, 7) is 2.14. The number of nitrogens with one attached hydrogen (secondary N) is 2. The second kappa shape index (κ2) is 7.05. The number of carbonyl (C=O) groups is 2. The standard InChI is InChI=1S/C22H30N4O2/c27-20(25-18-3-4-19(23-13-18)26-5-1-2-6-26)14-24-21(28)22-10-15-7-16(11-22)9-17(8-15)12-22/h3-4,13,15-17H,1-2,5-12,14H2,(H,24,28)(H,25,27). The maximum Gasteiger partial charge on any atom is 0.243 e. The van der Waals surface area contributed by atoms with Gasteiger partial charge < -0.3 is 15.5 Å². The number of nitrogens with zero attached hydrogens (tertiary/aromatic N) is 2. The molecule has 0 spiro atoms. The number of amides is 2. The Kier molecular flexibility index (Phi) is 4.52. The van der Waals surface area contributed by atoms with E-state index in [1.54, 1.807) is 6.20 Å². The van der Waals surface area contributed by atoms with E-state index in [4.69, 9.17) is 0 Å². The molecule has 1 aromatic heterocycles. The predicted molar refractivity (Wildman–Crippen MR) is 108 cm³/mol. The summed E-state index contributed by atoms with van der Waals surface area (Å²) < 4.78 is 0. The number of aromatic nitrogens is 1. The average molecular weight is 383 g/mol. The third-order valence-electron chi connectivity index (χ3n) is 7.39. The molecule has 5 aliphatic rings. The lowest BCUT2D eigenvalue weighted by Gasteiger charge is -2.55. The summed E-state index contributed by atoms with van der Waals surface area (Å²) in [5, 5.41) is 5.79. The van der Waals surface area contributed by atoms with Crippen molar-refractivity contribution in [1.82, 2.24) is 10.3 Å². The van der Waals surface area contributed by atoms with Crippen molar-refractivity contribution >= 4 is 23.3 Å². The highest BCUT2D eigenvalue weighted by molar-refractivity contribution is 5.95. The summed E-state index contributed by atoms with van der Waals surface area (Å²) in [6.07, 6.45) is 11.1. The molecule has 2 heterocycles. The minimum atomic E-state index is -0.200. The van der Waals surface area contributed by atoms with Crippen LogP contribution in [0.4, 0.5) is 11.5 Å². The molecule has 0 atom stereocenters. The van der Waals surface area contributed by atoms with Gasteiger partial charge in [-0.3, -0.25) is 9.59 Å². The summed E-state index contributed by atoms with van der Waals surface area (Å²) in [5.74, 6) is 3.06. The van der Waals surface area contributed by atoms with Crippen LogP contribution in [0.5, 0.6) is 0 Å². The fraction of sp³-hybridized carbons (Fsp3) is 0.682. The van der Waals surface area contributed by atoms with Crippen molar-refractivity contribution in [3.63, 3.8) is 0 Å². The summed E-state index contributed by atoms with van der Waals surface area (Å²) >= 11 is 0. The van der Waals surface area contributed by atoms with Gasteiger partial charge in [0.15, 0.2) is 0 Å². The molecule has 1 aromatic rings. The van der Waals surface area contributed by atoms with Crippen LogP contribution in [0.1, 0.15) is 51.4 Å². The molecular formula is C22H30N4O2. The summed E-state index contributed by atoms with van der Waals surface area (Å²) in [5.41, 5.74) is 0.477.